The van der Waals surface area contributed by atoms with E-state index in [0.717, 1.165) is 19.6 Å². The molecule has 0 amide bonds. The van der Waals surface area contributed by atoms with Crippen LogP contribution in [-0.4, -0.2) is 23.4 Å². The molecule has 1 N–H and O–H groups in total. The van der Waals surface area contributed by atoms with Gasteiger partial charge in [0.25, 0.3) is 0 Å². The van der Waals surface area contributed by atoms with Crippen LogP contribution in [0.15, 0.2) is 83.8 Å². The summed E-state index contributed by atoms with van der Waals surface area (Å²) in [6, 6.07) is 22.0. The van der Waals surface area contributed by atoms with E-state index < -0.39 is 5.97 Å². The van der Waals surface area contributed by atoms with Gasteiger partial charge in [0, 0.05) is 19.8 Å². The van der Waals surface area contributed by atoms with E-state index in [4.69, 9.17) is 9.84 Å². The number of thioether (sulfide) groups is 1. The van der Waals surface area contributed by atoms with Crippen LogP contribution in [0.5, 0.6) is 5.75 Å². The quantitative estimate of drug-likeness (QED) is 0.287. The van der Waals surface area contributed by atoms with Crippen molar-refractivity contribution in [1.82, 2.24) is 0 Å². The van der Waals surface area contributed by atoms with E-state index in [0.29, 0.717) is 17.1 Å². The summed E-state index contributed by atoms with van der Waals surface area (Å²) in [5, 5.41) is 8.71. The second kappa shape index (κ2) is 10.5. The molecule has 6 heteroatoms. The maximum Gasteiger partial charge on any atom is 0.341 e. The van der Waals surface area contributed by atoms with Crippen LogP contribution in [0, 0.1) is 9.39 Å². The fourth-order valence-corrected chi connectivity index (χ4v) is 4.47. The number of aliphatic carboxylic acids is 1. The van der Waals surface area contributed by atoms with Crippen LogP contribution in [-0.2, 0) is 4.79 Å². The molecule has 0 heterocycles. The topological polar surface area (TPSA) is 46.5 Å². The van der Waals surface area contributed by atoms with Crippen molar-refractivity contribution in [2.45, 2.75) is 4.90 Å². The third-order valence-electron chi connectivity index (χ3n) is 4.04. The van der Waals surface area contributed by atoms with Gasteiger partial charge in [-0.05, 0) is 58.0 Å². The van der Waals surface area contributed by atoms with Crippen molar-refractivity contribution in [3.63, 3.8) is 0 Å². The average molecular weight is 520 g/mol. The lowest BCUT2D eigenvalue weighted by Crippen LogP contribution is -2.09. The summed E-state index contributed by atoms with van der Waals surface area (Å²) in [4.78, 5) is 11.7. The van der Waals surface area contributed by atoms with Gasteiger partial charge >= 0.3 is 5.97 Å². The number of hydrogen-bond donors (Lipinski definition) is 1. The molecule has 3 nitrogen and oxygen atoms in total. The lowest BCUT2D eigenvalue weighted by atomic mass is 9.97. The van der Waals surface area contributed by atoms with Crippen LogP contribution in [0.2, 0.25) is 0 Å². The molecule has 0 radical (unpaired) electrons. The number of carboxylic acid groups (broad SMARTS) is 1. The van der Waals surface area contributed by atoms with Gasteiger partial charge in [-0.25, -0.2) is 9.18 Å². The molecule has 0 spiro atoms. The predicted molar refractivity (Wildman–Crippen MR) is 123 cm³/mol. The molecular weight excluding hydrogens is 502 g/mol. The predicted octanol–water partition coefficient (Wildman–Crippen LogP) is 6.12. The van der Waals surface area contributed by atoms with Gasteiger partial charge < -0.3 is 9.84 Å². The van der Waals surface area contributed by atoms with Crippen molar-refractivity contribution in [3.05, 3.63) is 99.4 Å². The van der Waals surface area contributed by atoms with E-state index in [-0.39, 0.29) is 12.4 Å². The van der Waals surface area contributed by atoms with E-state index in [2.05, 4.69) is 22.6 Å². The first-order chi connectivity index (χ1) is 14.0. The molecule has 0 aliphatic carbocycles. The molecule has 0 bridgehead atoms. The smallest absolute Gasteiger partial charge is 0.341 e. The summed E-state index contributed by atoms with van der Waals surface area (Å²) in [6.45, 7) is -0.367. The minimum atomic E-state index is -1.01. The summed E-state index contributed by atoms with van der Waals surface area (Å²) in [5.41, 5.74) is 2.39. The maximum atomic E-state index is 14.4. The molecule has 0 saturated heterocycles. The first-order valence-electron chi connectivity index (χ1n) is 8.82. The van der Waals surface area contributed by atoms with Crippen molar-refractivity contribution in [2.75, 3.05) is 12.4 Å². The number of rotatable bonds is 8. The Kier molecular flexibility index (Phi) is 7.71. The Morgan fingerprint density at radius 1 is 1.07 bits per heavy atom. The first-order valence-corrected chi connectivity index (χ1v) is 10.9. The summed E-state index contributed by atoms with van der Waals surface area (Å²) in [5.74, 6) is -0.0792. The van der Waals surface area contributed by atoms with E-state index in [1.165, 1.54) is 6.07 Å². The van der Waals surface area contributed by atoms with E-state index >= 15 is 0 Å². The number of benzene rings is 3. The molecule has 29 heavy (non-hydrogen) atoms. The van der Waals surface area contributed by atoms with Crippen LogP contribution in [0.4, 0.5) is 4.39 Å². The molecule has 148 valence electrons. The Hall–Kier alpha value is -2.32. The Balaban J connectivity index is 1.78. The zero-order chi connectivity index (χ0) is 20.6. The fraction of sp³-hybridized carbons (Fsp3) is 0.0870. The van der Waals surface area contributed by atoms with Gasteiger partial charge in [-0.2, -0.15) is 0 Å². The highest BCUT2D eigenvalue weighted by atomic mass is 127. The summed E-state index contributed by atoms with van der Waals surface area (Å²) >= 11 is 3.83. The highest BCUT2D eigenvalue weighted by Gasteiger charge is 2.10. The SMILES string of the molecule is O=C(O)COc1ccc(SC/C=C(/c2ccccc2)c2ccccc2F)c(I)c1. The largest absolute Gasteiger partial charge is 0.482 e. The number of halogens is 2. The van der Waals surface area contributed by atoms with Crippen LogP contribution in [0.3, 0.4) is 0 Å². The lowest BCUT2D eigenvalue weighted by Gasteiger charge is -2.11. The van der Waals surface area contributed by atoms with Crippen LogP contribution >= 0.6 is 34.4 Å². The maximum absolute atomic E-state index is 14.4. The van der Waals surface area contributed by atoms with Gasteiger partial charge in [0.1, 0.15) is 11.6 Å². The van der Waals surface area contributed by atoms with Crippen molar-refractivity contribution < 1.29 is 19.0 Å². The van der Waals surface area contributed by atoms with Gasteiger partial charge in [-0.15, -0.1) is 11.8 Å². The molecule has 0 aromatic heterocycles. The lowest BCUT2D eigenvalue weighted by molar-refractivity contribution is -0.139. The van der Waals surface area contributed by atoms with Crippen molar-refractivity contribution in [3.8, 4) is 5.75 Å². The Labute approximate surface area is 186 Å². The molecule has 3 rings (SSSR count). The molecule has 3 aromatic carbocycles. The molecule has 0 fully saturated rings. The zero-order valence-corrected chi connectivity index (χ0v) is 18.3. The summed E-state index contributed by atoms with van der Waals surface area (Å²) in [7, 11) is 0. The minimum Gasteiger partial charge on any atom is -0.482 e. The third-order valence-corrected chi connectivity index (χ3v) is 6.30. The van der Waals surface area contributed by atoms with Crippen LogP contribution in [0.1, 0.15) is 11.1 Å². The second-order valence-electron chi connectivity index (χ2n) is 6.05. The van der Waals surface area contributed by atoms with Gasteiger partial charge in [-0.3, -0.25) is 0 Å². The monoisotopic (exact) mass is 520 g/mol. The second-order valence-corrected chi connectivity index (χ2v) is 8.27. The summed E-state index contributed by atoms with van der Waals surface area (Å²) in [6.07, 6.45) is 2.03. The van der Waals surface area contributed by atoms with Crippen molar-refractivity contribution in [2.24, 2.45) is 0 Å². The fourth-order valence-electron chi connectivity index (χ4n) is 2.73. The Bertz CT molecular complexity index is 1020. The van der Waals surface area contributed by atoms with Crippen molar-refractivity contribution in [1.29, 1.82) is 0 Å². The number of carboxylic acids is 1. The van der Waals surface area contributed by atoms with Crippen LogP contribution in [0.25, 0.3) is 5.57 Å². The summed E-state index contributed by atoms with van der Waals surface area (Å²) < 4.78 is 20.6. The molecule has 0 saturated carbocycles. The highest BCUT2D eigenvalue weighted by molar-refractivity contribution is 14.1. The number of carbonyl (C=O) groups is 1. The molecular formula is C23H18FIO3S. The molecule has 0 aliphatic heterocycles. The van der Waals surface area contributed by atoms with Gasteiger partial charge in [0.2, 0.25) is 0 Å². The van der Waals surface area contributed by atoms with E-state index in [1.807, 2.05) is 54.6 Å². The van der Waals surface area contributed by atoms with E-state index in [1.54, 1.807) is 30.0 Å². The van der Waals surface area contributed by atoms with E-state index in [9.17, 15) is 9.18 Å². The number of hydrogen-bond acceptors (Lipinski definition) is 3. The van der Waals surface area contributed by atoms with Gasteiger partial charge in [0.15, 0.2) is 6.61 Å². The molecule has 3 aromatic rings. The van der Waals surface area contributed by atoms with Crippen LogP contribution < -0.4 is 4.74 Å². The zero-order valence-electron chi connectivity index (χ0n) is 15.3. The van der Waals surface area contributed by atoms with Gasteiger partial charge in [-0.1, -0.05) is 54.6 Å². The Morgan fingerprint density at radius 2 is 1.79 bits per heavy atom. The molecule has 0 aliphatic rings. The first kappa shape index (κ1) is 21.4. The van der Waals surface area contributed by atoms with Gasteiger partial charge in [0.05, 0.1) is 0 Å². The molecule has 0 atom stereocenters. The number of ether oxygens (including phenoxy) is 1. The standard InChI is InChI=1S/C23H18FIO3S/c24-20-9-5-4-8-19(20)18(16-6-2-1-3-7-16)12-13-29-22-11-10-17(14-21(22)25)28-15-23(26)27/h1-12,14H,13,15H2,(H,26,27)/b18-12-. The molecule has 0 unspecified atom stereocenters. The normalized spacial score (nSPS) is 11.3. The average Bonchev–Trinajstić information content (AvgIpc) is 2.72. The van der Waals surface area contributed by atoms with Crippen molar-refractivity contribution >= 4 is 45.9 Å². The Morgan fingerprint density at radius 3 is 2.48 bits per heavy atom. The highest BCUT2D eigenvalue weighted by Crippen LogP contribution is 2.31. The third kappa shape index (κ3) is 6.08. The minimum absolute atomic E-state index is 0.248.